The molecule has 0 aromatic heterocycles. The zero-order valence-corrected chi connectivity index (χ0v) is 11.6. The van der Waals surface area contributed by atoms with Crippen LogP contribution in [0.1, 0.15) is 63.1 Å². The van der Waals surface area contributed by atoms with E-state index in [1.165, 1.54) is 43.2 Å². The molecule has 0 unspecified atom stereocenters. The Morgan fingerprint density at radius 1 is 1.12 bits per heavy atom. The molecule has 0 saturated carbocycles. The number of rotatable bonds is 8. The first-order valence-corrected chi connectivity index (χ1v) is 7.04. The van der Waals surface area contributed by atoms with Crippen LogP contribution in [0.25, 0.3) is 0 Å². The zero-order valence-electron chi connectivity index (χ0n) is 11.6. The van der Waals surface area contributed by atoms with E-state index in [9.17, 15) is 0 Å². The lowest BCUT2D eigenvalue weighted by Gasteiger charge is -2.14. The molecule has 0 heterocycles. The highest BCUT2D eigenvalue weighted by Gasteiger charge is 2.03. The van der Waals surface area contributed by atoms with Crippen LogP contribution in [0.4, 0.5) is 0 Å². The predicted octanol–water partition coefficient (Wildman–Crippen LogP) is 4.62. The summed E-state index contributed by atoms with van der Waals surface area (Å²) in [4.78, 5) is 0. The molecule has 17 heavy (non-hydrogen) atoms. The third-order valence-electron chi connectivity index (χ3n) is 3.27. The fourth-order valence-corrected chi connectivity index (χ4v) is 2.10. The van der Waals surface area contributed by atoms with E-state index in [1.807, 2.05) is 0 Å². The number of hydrogen-bond donors (Lipinski definition) is 1. The van der Waals surface area contributed by atoms with Gasteiger partial charge in [0.05, 0.1) is 0 Å². The van der Waals surface area contributed by atoms with Crippen molar-refractivity contribution in [3.8, 4) is 0 Å². The van der Waals surface area contributed by atoms with Gasteiger partial charge >= 0.3 is 0 Å². The molecule has 1 rings (SSSR count). The summed E-state index contributed by atoms with van der Waals surface area (Å²) in [5.41, 5.74) is 2.75. The largest absolute Gasteiger partial charge is 0.310 e. The Labute approximate surface area is 107 Å². The molecular formula is C16H27N. The fourth-order valence-electron chi connectivity index (χ4n) is 2.10. The normalized spacial score (nSPS) is 12.6. The molecule has 1 atom stereocenters. The quantitative estimate of drug-likeness (QED) is 0.646. The minimum absolute atomic E-state index is 0.473. The summed E-state index contributed by atoms with van der Waals surface area (Å²) in [7, 11) is 0. The minimum atomic E-state index is 0.473. The third-order valence-corrected chi connectivity index (χ3v) is 3.27. The van der Waals surface area contributed by atoms with E-state index in [0.717, 1.165) is 6.54 Å². The Morgan fingerprint density at radius 2 is 1.88 bits per heavy atom. The third kappa shape index (κ3) is 5.88. The second-order valence-electron chi connectivity index (χ2n) is 5.00. The maximum atomic E-state index is 3.60. The summed E-state index contributed by atoms with van der Waals surface area (Å²) in [6.45, 7) is 7.80. The van der Waals surface area contributed by atoms with E-state index < -0.39 is 0 Å². The lowest BCUT2D eigenvalue weighted by Crippen LogP contribution is -2.19. The lowest BCUT2D eigenvalue weighted by molar-refractivity contribution is 0.531. The first kappa shape index (κ1) is 14.2. The average Bonchev–Trinajstić information content (AvgIpc) is 2.33. The molecule has 0 aliphatic heterocycles. The Balaban J connectivity index is 2.19. The highest BCUT2D eigenvalue weighted by molar-refractivity contribution is 5.24. The monoisotopic (exact) mass is 233 g/mol. The number of nitrogens with one attached hydrogen (secondary N) is 1. The van der Waals surface area contributed by atoms with Gasteiger partial charge in [0.15, 0.2) is 0 Å². The smallest absolute Gasteiger partial charge is 0.0291 e. The zero-order chi connectivity index (χ0) is 12.5. The second kappa shape index (κ2) is 8.30. The van der Waals surface area contributed by atoms with Crippen molar-refractivity contribution < 1.29 is 0 Å². The molecule has 0 bridgehead atoms. The number of hydrogen-bond acceptors (Lipinski definition) is 1. The van der Waals surface area contributed by atoms with Crippen LogP contribution in [0.15, 0.2) is 24.3 Å². The van der Waals surface area contributed by atoms with Gasteiger partial charge in [-0.1, -0.05) is 62.4 Å². The van der Waals surface area contributed by atoms with Crippen molar-refractivity contribution in [1.29, 1.82) is 0 Å². The van der Waals surface area contributed by atoms with Crippen molar-refractivity contribution in [2.75, 3.05) is 6.54 Å². The van der Waals surface area contributed by atoms with Crippen molar-refractivity contribution in [3.05, 3.63) is 35.4 Å². The van der Waals surface area contributed by atoms with E-state index in [4.69, 9.17) is 0 Å². The molecule has 1 aromatic carbocycles. The number of benzene rings is 1. The summed E-state index contributed by atoms with van der Waals surface area (Å²) in [5, 5.41) is 3.60. The van der Waals surface area contributed by atoms with Crippen molar-refractivity contribution >= 4 is 0 Å². The molecule has 1 nitrogen and oxygen atoms in total. The van der Waals surface area contributed by atoms with Gasteiger partial charge in [0.2, 0.25) is 0 Å². The van der Waals surface area contributed by atoms with Crippen molar-refractivity contribution in [2.45, 2.75) is 58.9 Å². The predicted molar refractivity (Wildman–Crippen MR) is 76.4 cm³/mol. The van der Waals surface area contributed by atoms with E-state index in [2.05, 4.69) is 50.4 Å². The molecule has 0 aliphatic rings. The maximum absolute atomic E-state index is 3.60. The van der Waals surface area contributed by atoms with Gasteiger partial charge in [-0.05, 0) is 32.4 Å². The van der Waals surface area contributed by atoms with Crippen LogP contribution in [0.2, 0.25) is 0 Å². The number of unbranched alkanes of at least 4 members (excludes halogenated alkanes) is 4. The highest BCUT2D eigenvalue weighted by Crippen LogP contribution is 2.13. The first-order valence-electron chi connectivity index (χ1n) is 7.04. The minimum Gasteiger partial charge on any atom is -0.310 e. The highest BCUT2D eigenvalue weighted by atomic mass is 14.9. The second-order valence-corrected chi connectivity index (χ2v) is 5.00. The summed E-state index contributed by atoms with van der Waals surface area (Å²) < 4.78 is 0. The molecular weight excluding hydrogens is 206 g/mol. The molecule has 0 fully saturated rings. The molecule has 1 aromatic rings. The molecule has 0 aliphatic carbocycles. The van der Waals surface area contributed by atoms with Crippen LogP contribution >= 0.6 is 0 Å². The summed E-state index contributed by atoms with van der Waals surface area (Å²) >= 11 is 0. The molecule has 0 spiro atoms. The maximum Gasteiger partial charge on any atom is 0.0291 e. The molecule has 96 valence electrons. The SMILES string of the molecule is CCCCCCCN[C@@H](C)c1cccc(C)c1. The lowest BCUT2D eigenvalue weighted by atomic mass is 10.1. The van der Waals surface area contributed by atoms with E-state index >= 15 is 0 Å². The fraction of sp³-hybridized carbons (Fsp3) is 0.625. The molecule has 1 heteroatoms. The van der Waals surface area contributed by atoms with Gasteiger partial charge in [-0.15, -0.1) is 0 Å². The van der Waals surface area contributed by atoms with E-state index in [0.29, 0.717) is 6.04 Å². The van der Waals surface area contributed by atoms with Gasteiger partial charge in [0.25, 0.3) is 0 Å². The van der Waals surface area contributed by atoms with Crippen LogP contribution in [-0.4, -0.2) is 6.54 Å². The Hall–Kier alpha value is -0.820. The van der Waals surface area contributed by atoms with Crippen LogP contribution < -0.4 is 5.32 Å². The number of aryl methyl sites for hydroxylation is 1. The summed E-state index contributed by atoms with van der Waals surface area (Å²) in [5.74, 6) is 0. The Bertz CT molecular complexity index is 306. The first-order chi connectivity index (χ1) is 8.24. The van der Waals surface area contributed by atoms with E-state index in [-0.39, 0.29) is 0 Å². The summed E-state index contributed by atoms with van der Waals surface area (Å²) in [6.07, 6.45) is 6.76. The molecule has 0 saturated heterocycles. The Kier molecular flexibility index (Phi) is 6.95. The van der Waals surface area contributed by atoms with Gasteiger partial charge in [-0.25, -0.2) is 0 Å². The van der Waals surface area contributed by atoms with E-state index in [1.54, 1.807) is 0 Å². The molecule has 1 N–H and O–H groups in total. The Morgan fingerprint density at radius 3 is 2.59 bits per heavy atom. The standard InChI is InChI=1S/C16H27N/c1-4-5-6-7-8-12-17-15(3)16-11-9-10-14(2)13-16/h9-11,13,15,17H,4-8,12H2,1-3H3/t15-/m0/s1. The van der Waals surface area contributed by atoms with Gasteiger partial charge in [0.1, 0.15) is 0 Å². The average molecular weight is 233 g/mol. The van der Waals surface area contributed by atoms with Gasteiger partial charge in [-0.3, -0.25) is 0 Å². The molecule has 0 radical (unpaired) electrons. The van der Waals surface area contributed by atoms with Gasteiger partial charge in [0, 0.05) is 6.04 Å². The van der Waals surface area contributed by atoms with Gasteiger partial charge < -0.3 is 5.32 Å². The van der Waals surface area contributed by atoms with Crippen molar-refractivity contribution in [2.24, 2.45) is 0 Å². The van der Waals surface area contributed by atoms with Crippen LogP contribution in [-0.2, 0) is 0 Å². The van der Waals surface area contributed by atoms with Crippen LogP contribution in [0, 0.1) is 6.92 Å². The van der Waals surface area contributed by atoms with Gasteiger partial charge in [-0.2, -0.15) is 0 Å². The summed E-state index contributed by atoms with van der Waals surface area (Å²) in [6, 6.07) is 9.25. The van der Waals surface area contributed by atoms with Crippen LogP contribution in [0.5, 0.6) is 0 Å². The van der Waals surface area contributed by atoms with Crippen molar-refractivity contribution in [3.63, 3.8) is 0 Å². The van der Waals surface area contributed by atoms with Crippen molar-refractivity contribution in [1.82, 2.24) is 5.32 Å². The van der Waals surface area contributed by atoms with Crippen LogP contribution in [0.3, 0.4) is 0 Å². The molecule has 0 amide bonds. The topological polar surface area (TPSA) is 12.0 Å².